The number of fused-ring (bicyclic) bond motifs is 1. The van der Waals surface area contributed by atoms with Gasteiger partial charge in [0.2, 0.25) is 5.91 Å². The maximum atomic E-state index is 10.8. The summed E-state index contributed by atoms with van der Waals surface area (Å²) in [7, 11) is 0. The fourth-order valence-corrected chi connectivity index (χ4v) is 2.50. The Morgan fingerprint density at radius 1 is 1.44 bits per heavy atom. The fraction of sp³-hybridized carbons (Fsp3) is 0.0833. The van der Waals surface area contributed by atoms with Crippen LogP contribution < -0.4 is 5.73 Å². The Bertz CT molecular complexity index is 717. The van der Waals surface area contributed by atoms with Crippen LogP contribution in [-0.4, -0.2) is 15.9 Å². The number of rotatable bonds is 3. The second-order valence-electron chi connectivity index (χ2n) is 3.80. The van der Waals surface area contributed by atoms with E-state index in [1.807, 2.05) is 23.6 Å². The number of aromatic nitrogens is 2. The van der Waals surface area contributed by atoms with E-state index < -0.39 is 0 Å². The number of nitrogens with zero attached hydrogens (tertiary/aromatic N) is 2. The van der Waals surface area contributed by atoms with E-state index >= 15 is 0 Å². The Kier molecular flexibility index (Phi) is 2.56. The van der Waals surface area contributed by atoms with Crippen molar-refractivity contribution >= 4 is 28.3 Å². The molecule has 0 radical (unpaired) electrons. The number of amides is 1. The van der Waals surface area contributed by atoms with Gasteiger partial charge in [0.25, 0.3) is 0 Å². The molecule has 0 aliphatic carbocycles. The summed E-state index contributed by atoms with van der Waals surface area (Å²) in [6.45, 7) is 0. The van der Waals surface area contributed by atoms with E-state index in [1.165, 1.54) is 17.7 Å². The van der Waals surface area contributed by atoms with E-state index in [4.69, 9.17) is 10.2 Å². The molecule has 0 atom stereocenters. The van der Waals surface area contributed by atoms with Crippen LogP contribution in [0.2, 0.25) is 0 Å². The summed E-state index contributed by atoms with van der Waals surface area (Å²) in [5.74, 6) is -0.374. The second kappa shape index (κ2) is 4.23. The minimum absolute atomic E-state index is 0.176. The summed E-state index contributed by atoms with van der Waals surface area (Å²) in [5, 5.41) is 2.62. The first kappa shape index (κ1) is 10.9. The van der Waals surface area contributed by atoms with E-state index in [1.54, 1.807) is 0 Å². The molecule has 2 heterocycles. The molecule has 0 aliphatic rings. The number of benzene rings is 1. The highest BCUT2D eigenvalue weighted by Gasteiger charge is 2.08. The van der Waals surface area contributed by atoms with Crippen molar-refractivity contribution in [2.75, 3.05) is 0 Å². The van der Waals surface area contributed by atoms with Crippen molar-refractivity contribution in [3.8, 4) is 11.3 Å². The van der Waals surface area contributed by atoms with Crippen LogP contribution >= 0.6 is 11.3 Å². The van der Waals surface area contributed by atoms with E-state index in [9.17, 15) is 4.79 Å². The van der Waals surface area contributed by atoms with Gasteiger partial charge in [0, 0.05) is 10.9 Å². The summed E-state index contributed by atoms with van der Waals surface area (Å²) < 4.78 is 5.24. The van der Waals surface area contributed by atoms with Crippen LogP contribution in [0.15, 0.2) is 34.4 Å². The molecule has 1 aromatic carbocycles. The Morgan fingerprint density at radius 3 is 3.17 bits per heavy atom. The van der Waals surface area contributed by atoms with Gasteiger partial charge in [-0.25, -0.2) is 9.97 Å². The molecule has 0 saturated carbocycles. The quantitative estimate of drug-likeness (QED) is 0.779. The van der Waals surface area contributed by atoms with E-state index in [0.717, 1.165) is 27.4 Å². The van der Waals surface area contributed by atoms with Crippen LogP contribution in [0.5, 0.6) is 0 Å². The van der Waals surface area contributed by atoms with Crippen LogP contribution in [0.3, 0.4) is 0 Å². The highest BCUT2D eigenvalue weighted by molar-refractivity contribution is 7.10. The number of carbonyl (C=O) groups is 1. The second-order valence-corrected chi connectivity index (χ2v) is 4.75. The molecule has 0 bridgehead atoms. The maximum absolute atomic E-state index is 10.8. The molecule has 0 spiro atoms. The van der Waals surface area contributed by atoms with Gasteiger partial charge in [-0.2, -0.15) is 0 Å². The lowest BCUT2D eigenvalue weighted by Crippen LogP contribution is -2.13. The highest BCUT2D eigenvalue weighted by atomic mass is 32.1. The van der Waals surface area contributed by atoms with Crippen molar-refractivity contribution in [1.29, 1.82) is 0 Å². The molecule has 0 fully saturated rings. The third-order valence-corrected chi connectivity index (χ3v) is 3.35. The molecule has 5 nitrogen and oxygen atoms in total. The maximum Gasteiger partial charge on any atom is 0.224 e. The summed E-state index contributed by atoms with van der Waals surface area (Å²) in [4.78, 5) is 19.2. The fourth-order valence-electron chi connectivity index (χ4n) is 1.69. The van der Waals surface area contributed by atoms with Crippen molar-refractivity contribution < 1.29 is 9.21 Å². The number of hydrogen-bond acceptors (Lipinski definition) is 5. The highest BCUT2D eigenvalue weighted by Crippen LogP contribution is 2.25. The average molecular weight is 259 g/mol. The lowest BCUT2D eigenvalue weighted by molar-refractivity contribution is -0.117. The standard InChI is InChI=1S/C12H9N3O2S/c13-11(16)4-12-15-9(5-18-12)7-1-2-8-10(3-7)17-6-14-8/h1-3,5-6H,4H2,(H2,13,16). The first-order valence-electron chi connectivity index (χ1n) is 5.29. The summed E-state index contributed by atoms with van der Waals surface area (Å²) in [5.41, 5.74) is 8.42. The molecule has 0 unspecified atom stereocenters. The predicted molar refractivity (Wildman–Crippen MR) is 68.0 cm³/mol. The van der Waals surface area contributed by atoms with Crippen LogP contribution in [0.4, 0.5) is 0 Å². The Balaban J connectivity index is 1.97. The molecular formula is C12H9N3O2S. The van der Waals surface area contributed by atoms with Gasteiger partial charge in [-0.15, -0.1) is 11.3 Å². The van der Waals surface area contributed by atoms with Gasteiger partial charge < -0.3 is 10.2 Å². The molecule has 2 aromatic heterocycles. The Hall–Kier alpha value is -2.21. The molecule has 0 saturated heterocycles. The van der Waals surface area contributed by atoms with Gasteiger partial charge in [0.05, 0.1) is 12.1 Å². The van der Waals surface area contributed by atoms with E-state index in [-0.39, 0.29) is 12.3 Å². The number of primary amides is 1. The van der Waals surface area contributed by atoms with Crippen LogP contribution in [0.25, 0.3) is 22.4 Å². The first-order valence-corrected chi connectivity index (χ1v) is 6.16. The molecular weight excluding hydrogens is 250 g/mol. The lowest BCUT2D eigenvalue weighted by atomic mass is 10.1. The molecule has 0 aliphatic heterocycles. The van der Waals surface area contributed by atoms with Gasteiger partial charge in [0.15, 0.2) is 12.0 Å². The molecule has 6 heteroatoms. The topological polar surface area (TPSA) is 82.0 Å². The minimum Gasteiger partial charge on any atom is -0.443 e. The SMILES string of the molecule is NC(=O)Cc1nc(-c2ccc3ncoc3c2)cs1. The van der Waals surface area contributed by atoms with Gasteiger partial charge in [0.1, 0.15) is 10.5 Å². The smallest absolute Gasteiger partial charge is 0.224 e. The zero-order valence-corrected chi connectivity index (χ0v) is 10.1. The van der Waals surface area contributed by atoms with Gasteiger partial charge in [-0.05, 0) is 12.1 Å². The van der Waals surface area contributed by atoms with Crippen LogP contribution in [-0.2, 0) is 11.2 Å². The zero-order valence-electron chi connectivity index (χ0n) is 9.29. The van der Waals surface area contributed by atoms with Crippen molar-refractivity contribution in [1.82, 2.24) is 9.97 Å². The summed E-state index contributed by atoms with van der Waals surface area (Å²) in [6, 6.07) is 5.68. The van der Waals surface area contributed by atoms with Gasteiger partial charge in [-0.1, -0.05) is 6.07 Å². The van der Waals surface area contributed by atoms with Crippen LogP contribution in [0.1, 0.15) is 5.01 Å². The number of hydrogen-bond donors (Lipinski definition) is 1. The van der Waals surface area contributed by atoms with E-state index in [0.29, 0.717) is 0 Å². The zero-order chi connectivity index (χ0) is 12.5. The summed E-state index contributed by atoms with van der Waals surface area (Å²) in [6.07, 6.45) is 1.59. The van der Waals surface area contributed by atoms with Crippen molar-refractivity contribution in [3.63, 3.8) is 0 Å². The van der Waals surface area contributed by atoms with Crippen molar-refractivity contribution in [2.24, 2.45) is 5.73 Å². The number of oxazole rings is 1. The molecule has 2 N–H and O–H groups in total. The first-order chi connectivity index (χ1) is 8.72. The molecule has 90 valence electrons. The van der Waals surface area contributed by atoms with Gasteiger partial charge in [-0.3, -0.25) is 4.79 Å². The monoisotopic (exact) mass is 259 g/mol. The Labute approximate surface area is 106 Å². The average Bonchev–Trinajstić information content (AvgIpc) is 2.95. The molecule has 18 heavy (non-hydrogen) atoms. The Morgan fingerprint density at radius 2 is 2.33 bits per heavy atom. The largest absolute Gasteiger partial charge is 0.443 e. The lowest BCUT2D eigenvalue weighted by Gasteiger charge is -1.95. The minimum atomic E-state index is -0.374. The molecule has 1 amide bonds. The third-order valence-electron chi connectivity index (χ3n) is 2.50. The normalized spacial score (nSPS) is 10.9. The number of thiazole rings is 1. The van der Waals surface area contributed by atoms with Gasteiger partial charge >= 0.3 is 0 Å². The summed E-state index contributed by atoms with van der Waals surface area (Å²) >= 11 is 1.42. The predicted octanol–water partition coefficient (Wildman–Crippen LogP) is 1.98. The number of carbonyl (C=O) groups excluding carboxylic acids is 1. The van der Waals surface area contributed by atoms with Crippen molar-refractivity contribution in [2.45, 2.75) is 6.42 Å². The van der Waals surface area contributed by atoms with Crippen LogP contribution in [0, 0.1) is 0 Å². The van der Waals surface area contributed by atoms with Crippen molar-refractivity contribution in [3.05, 3.63) is 35.0 Å². The van der Waals surface area contributed by atoms with E-state index in [2.05, 4.69) is 9.97 Å². The molecule has 3 aromatic rings. The third kappa shape index (κ3) is 1.98. The number of nitrogens with two attached hydrogens (primary N) is 1. The molecule has 3 rings (SSSR count).